The fourth-order valence-electron chi connectivity index (χ4n) is 3.69. The molecule has 0 bridgehead atoms. The Labute approximate surface area is 151 Å². The Morgan fingerprint density at radius 2 is 2.08 bits per heavy atom. The first kappa shape index (κ1) is 18.4. The molecule has 7 heteroatoms. The molecule has 1 aliphatic carbocycles. The summed E-state index contributed by atoms with van der Waals surface area (Å²) < 4.78 is 18.6. The second-order valence-corrected chi connectivity index (χ2v) is 7.34. The van der Waals surface area contributed by atoms with Crippen LogP contribution in [0.1, 0.15) is 25.7 Å². The van der Waals surface area contributed by atoms with E-state index in [2.05, 4.69) is 10.6 Å². The summed E-state index contributed by atoms with van der Waals surface area (Å²) in [6, 6.07) is 4.08. The largest absolute Gasteiger partial charge is 0.484 e. The molecule has 2 fully saturated rings. The first-order valence-electron chi connectivity index (χ1n) is 8.79. The molecule has 1 aromatic rings. The van der Waals surface area contributed by atoms with Crippen LogP contribution in [0.15, 0.2) is 18.2 Å². The van der Waals surface area contributed by atoms with E-state index in [1.54, 1.807) is 0 Å². The Kier molecular flexibility index (Phi) is 6.15. The summed E-state index contributed by atoms with van der Waals surface area (Å²) in [5, 5.41) is 16.0. The van der Waals surface area contributed by atoms with Gasteiger partial charge in [-0.3, -0.25) is 4.79 Å². The molecule has 0 radical (unpaired) electrons. The number of hydrogen-bond donors (Lipinski definition) is 3. The number of ether oxygens (including phenoxy) is 1. The van der Waals surface area contributed by atoms with Crippen molar-refractivity contribution in [2.75, 3.05) is 19.7 Å². The van der Waals surface area contributed by atoms with Crippen LogP contribution in [-0.2, 0) is 4.79 Å². The zero-order chi connectivity index (χ0) is 17.8. The third-order valence-corrected chi connectivity index (χ3v) is 5.43. The smallest absolute Gasteiger partial charge is 0.258 e. The SMILES string of the molecule is O=C(COc1ccc(F)c(Cl)c1)NC(C1CCNCC1)C1CC(O)C1. The fourth-order valence-corrected chi connectivity index (χ4v) is 3.86. The first-order valence-corrected chi connectivity index (χ1v) is 9.16. The summed E-state index contributed by atoms with van der Waals surface area (Å²) in [7, 11) is 0. The van der Waals surface area contributed by atoms with E-state index < -0.39 is 5.82 Å². The van der Waals surface area contributed by atoms with Gasteiger partial charge in [-0.1, -0.05) is 11.6 Å². The lowest BCUT2D eigenvalue weighted by atomic mass is 9.71. The van der Waals surface area contributed by atoms with Crippen LogP contribution in [0.2, 0.25) is 5.02 Å². The number of carbonyl (C=O) groups is 1. The molecule has 1 atom stereocenters. The number of aliphatic hydroxyl groups is 1. The van der Waals surface area contributed by atoms with Crippen molar-refractivity contribution in [3.8, 4) is 5.75 Å². The highest BCUT2D eigenvalue weighted by atomic mass is 35.5. The molecule has 1 amide bonds. The molecule has 25 heavy (non-hydrogen) atoms. The zero-order valence-corrected chi connectivity index (χ0v) is 14.8. The predicted molar refractivity (Wildman–Crippen MR) is 93.2 cm³/mol. The highest BCUT2D eigenvalue weighted by Gasteiger charge is 2.39. The Morgan fingerprint density at radius 1 is 1.36 bits per heavy atom. The Hall–Kier alpha value is -1.37. The van der Waals surface area contributed by atoms with E-state index in [9.17, 15) is 14.3 Å². The number of hydrogen-bond acceptors (Lipinski definition) is 4. The maximum Gasteiger partial charge on any atom is 0.258 e. The molecule has 3 N–H and O–H groups in total. The summed E-state index contributed by atoms with van der Waals surface area (Å²) in [5.41, 5.74) is 0. The predicted octanol–water partition coefficient (Wildman–Crippen LogP) is 2.11. The molecular formula is C18H24ClFN2O3. The fraction of sp³-hybridized carbons (Fsp3) is 0.611. The van der Waals surface area contributed by atoms with Crippen LogP contribution in [0, 0.1) is 17.7 Å². The summed E-state index contributed by atoms with van der Waals surface area (Å²) >= 11 is 5.71. The topological polar surface area (TPSA) is 70.6 Å². The summed E-state index contributed by atoms with van der Waals surface area (Å²) in [6.45, 7) is 1.77. The number of nitrogens with one attached hydrogen (secondary N) is 2. The van der Waals surface area contributed by atoms with Gasteiger partial charge in [-0.05, 0) is 62.7 Å². The lowest BCUT2D eigenvalue weighted by Crippen LogP contribution is -2.53. The van der Waals surface area contributed by atoms with Crippen molar-refractivity contribution in [1.82, 2.24) is 10.6 Å². The van der Waals surface area contributed by atoms with Crippen LogP contribution in [0.3, 0.4) is 0 Å². The van der Waals surface area contributed by atoms with E-state index in [0.717, 1.165) is 38.8 Å². The minimum atomic E-state index is -0.520. The molecule has 0 aromatic heterocycles. The van der Waals surface area contributed by atoms with Crippen LogP contribution in [-0.4, -0.2) is 42.9 Å². The van der Waals surface area contributed by atoms with E-state index >= 15 is 0 Å². The van der Waals surface area contributed by atoms with Crippen molar-refractivity contribution in [2.24, 2.45) is 11.8 Å². The molecule has 138 valence electrons. The maximum atomic E-state index is 13.1. The molecular weight excluding hydrogens is 347 g/mol. The van der Waals surface area contributed by atoms with Gasteiger partial charge in [0.1, 0.15) is 11.6 Å². The molecule has 1 unspecified atom stereocenters. The van der Waals surface area contributed by atoms with Crippen LogP contribution >= 0.6 is 11.6 Å². The van der Waals surface area contributed by atoms with E-state index in [1.165, 1.54) is 18.2 Å². The monoisotopic (exact) mass is 370 g/mol. The van der Waals surface area contributed by atoms with Gasteiger partial charge in [0.25, 0.3) is 5.91 Å². The van der Waals surface area contributed by atoms with Crippen molar-refractivity contribution >= 4 is 17.5 Å². The normalized spacial score (nSPS) is 25.1. The van der Waals surface area contributed by atoms with E-state index in [-0.39, 0.29) is 29.7 Å². The van der Waals surface area contributed by atoms with E-state index in [1.807, 2.05) is 0 Å². The molecule has 1 aromatic carbocycles. The van der Waals surface area contributed by atoms with Gasteiger partial charge in [0.15, 0.2) is 6.61 Å². The first-order chi connectivity index (χ1) is 12.0. The van der Waals surface area contributed by atoms with Crippen LogP contribution in [0.5, 0.6) is 5.75 Å². The van der Waals surface area contributed by atoms with Crippen molar-refractivity contribution in [1.29, 1.82) is 0 Å². The van der Waals surface area contributed by atoms with Gasteiger partial charge in [0, 0.05) is 12.1 Å². The number of carbonyl (C=O) groups excluding carboxylic acids is 1. The molecule has 3 rings (SSSR count). The lowest BCUT2D eigenvalue weighted by Gasteiger charge is -2.43. The number of aliphatic hydroxyl groups excluding tert-OH is 1. The van der Waals surface area contributed by atoms with Gasteiger partial charge < -0.3 is 20.5 Å². The molecule has 0 spiro atoms. The third-order valence-electron chi connectivity index (χ3n) is 5.14. The van der Waals surface area contributed by atoms with Gasteiger partial charge in [0.2, 0.25) is 0 Å². The molecule has 2 aliphatic rings. The van der Waals surface area contributed by atoms with Crippen molar-refractivity contribution in [2.45, 2.75) is 37.8 Å². The average molecular weight is 371 g/mol. The molecule has 1 saturated carbocycles. The standard InChI is InChI=1S/C18H24ClFN2O3/c19-15-9-14(1-2-16(15)20)25-10-17(24)22-18(12-7-13(23)8-12)11-3-5-21-6-4-11/h1-2,9,11-13,18,21,23H,3-8,10H2,(H,22,24). The van der Waals surface area contributed by atoms with E-state index in [4.69, 9.17) is 16.3 Å². The second-order valence-electron chi connectivity index (χ2n) is 6.93. The van der Waals surface area contributed by atoms with Gasteiger partial charge in [0.05, 0.1) is 11.1 Å². The molecule has 1 heterocycles. The summed E-state index contributed by atoms with van der Waals surface area (Å²) in [4.78, 5) is 12.3. The van der Waals surface area contributed by atoms with E-state index in [0.29, 0.717) is 17.6 Å². The van der Waals surface area contributed by atoms with Gasteiger partial charge in [-0.15, -0.1) is 0 Å². The van der Waals surface area contributed by atoms with Crippen LogP contribution in [0.4, 0.5) is 4.39 Å². The quantitative estimate of drug-likeness (QED) is 0.717. The zero-order valence-electron chi connectivity index (χ0n) is 14.0. The van der Waals surface area contributed by atoms with Gasteiger partial charge in [-0.2, -0.15) is 0 Å². The van der Waals surface area contributed by atoms with Gasteiger partial charge >= 0.3 is 0 Å². The maximum absolute atomic E-state index is 13.1. The Bertz CT molecular complexity index is 604. The molecule has 1 saturated heterocycles. The lowest BCUT2D eigenvalue weighted by molar-refractivity contribution is -0.125. The Balaban J connectivity index is 1.54. The van der Waals surface area contributed by atoms with Gasteiger partial charge in [-0.25, -0.2) is 4.39 Å². The van der Waals surface area contributed by atoms with Crippen molar-refractivity contribution < 1.29 is 19.0 Å². The van der Waals surface area contributed by atoms with Crippen LogP contribution < -0.4 is 15.4 Å². The number of amides is 1. The van der Waals surface area contributed by atoms with Crippen molar-refractivity contribution in [3.63, 3.8) is 0 Å². The molecule has 5 nitrogen and oxygen atoms in total. The van der Waals surface area contributed by atoms with Crippen LogP contribution in [0.25, 0.3) is 0 Å². The highest BCUT2D eigenvalue weighted by molar-refractivity contribution is 6.30. The minimum Gasteiger partial charge on any atom is -0.484 e. The van der Waals surface area contributed by atoms with Crippen molar-refractivity contribution in [3.05, 3.63) is 29.0 Å². The minimum absolute atomic E-state index is 0.0334. The third kappa shape index (κ3) is 4.84. The Morgan fingerprint density at radius 3 is 2.72 bits per heavy atom. The number of halogens is 2. The summed E-state index contributed by atoms with van der Waals surface area (Å²) in [6.07, 6.45) is 3.27. The number of benzene rings is 1. The molecule has 1 aliphatic heterocycles. The number of piperidine rings is 1. The number of rotatable bonds is 6. The second kappa shape index (κ2) is 8.34. The average Bonchev–Trinajstić information content (AvgIpc) is 2.59. The summed E-state index contributed by atoms with van der Waals surface area (Å²) in [5.74, 6) is 0.377. The highest BCUT2D eigenvalue weighted by Crippen LogP contribution is 2.35.